The molecule has 0 aliphatic carbocycles. The second-order valence-corrected chi connectivity index (χ2v) is 8.07. The number of aryl methyl sites for hydroxylation is 1. The van der Waals surface area contributed by atoms with Gasteiger partial charge in [0.2, 0.25) is 5.91 Å². The van der Waals surface area contributed by atoms with Crippen molar-refractivity contribution in [2.24, 2.45) is 0 Å². The Labute approximate surface area is 184 Å². The van der Waals surface area contributed by atoms with E-state index in [9.17, 15) is 4.79 Å². The van der Waals surface area contributed by atoms with Gasteiger partial charge in [0.05, 0.1) is 5.75 Å². The van der Waals surface area contributed by atoms with Crippen LogP contribution in [0.4, 0.5) is 5.69 Å². The second-order valence-electron chi connectivity index (χ2n) is 6.69. The highest BCUT2D eigenvalue weighted by molar-refractivity contribution is 7.99. The summed E-state index contributed by atoms with van der Waals surface area (Å²) in [6.07, 6.45) is 0. The Morgan fingerprint density at radius 3 is 2.57 bits per heavy atom. The molecule has 0 fully saturated rings. The van der Waals surface area contributed by atoms with Gasteiger partial charge < -0.3 is 5.32 Å². The number of carbonyl (C=O) groups excluding carboxylic acids is 1. The molecule has 7 heteroatoms. The summed E-state index contributed by atoms with van der Waals surface area (Å²) in [6, 6.07) is 25.0. The summed E-state index contributed by atoms with van der Waals surface area (Å²) in [4.78, 5) is 12.5. The summed E-state index contributed by atoms with van der Waals surface area (Å²) in [5.41, 5.74) is 3.65. The molecule has 4 rings (SSSR count). The topological polar surface area (TPSA) is 59.8 Å². The van der Waals surface area contributed by atoms with Crippen molar-refractivity contribution in [1.82, 2.24) is 14.8 Å². The number of rotatable bonds is 6. The first-order valence-corrected chi connectivity index (χ1v) is 10.7. The number of hydrogen-bond donors (Lipinski definition) is 1. The number of hydrogen-bond acceptors (Lipinski definition) is 4. The summed E-state index contributed by atoms with van der Waals surface area (Å²) in [7, 11) is 0. The van der Waals surface area contributed by atoms with Crippen LogP contribution < -0.4 is 5.32 Å². The Kier molecular flexibility index (Phi) is 6.16. The SMILES string of the molecule is Cc1cccc(NC(=O)CSc2nnc(-c3cccc(Cl)c3)n2-c2ccccc2)c1. The third-order valence-electron chi connectivity index (χ3n) is 4.36. The summed E-state index contributed by atoms with van der Waals surface area (Å²) in [6.45, 7) is 1.99. The van der Waals surface area contributed by atoms with E-state index in [0.29, 0.717) is 16.0 Å². The van der Waals surface area contributed by atoms with E-state index in [0.717, 1.165) is 22.5 Å². The molecule has 0 aliphatic rings. The van der Waals surface area contributed by atoms with Crippen LogP contribution in [0, 0.1) is 6.92 Å². The Hall–Kier alpha value is -3.09. The molecule has 1 N–H and O–H groups in total. The van der Waals surface area contributed by atoms with E-state index in [1.54, 1.807) is 0 Å². The lowest BCUT2D eigenvalue weighted by Gasteiger charge is -2.11. The Morgan fingerprint density at radius 2 is 1.80 bits per heavy atom. The highest BCUT2D eigenvalue weighted by Crippen LogP contribution is 2.29. The fraction of sp³-hybridized carbons (Fsp3) is 0.0870. The van der Waals surface area contributed by atoms with Crippen LogP contribution in [0.15, 0.2) is 84.0 Å². The van der Waals surface area contributed by atoms with Crippen LogP contribution in [0.5, 0.6) is 0 Å². The lowest BCUT2D eigenvalue weighted by molar-refractivity contribution is -0.113. The molecule has 1 heterocycles. The van der Waals surface area contributed by atoms with Crippen molar-refractivity contribution in [1.29, 1.82) is 0 Å². The van der Waals surface area contributed by atoms with Gasteiger partial charge in [-0.2, -0.15) is 0 Å². The van der Waals surface area contributed by atoms with Gasteiger partial charge in [0.1, 0.15) is 0 Å². The van der Waals surface area contributed by atoms with Crippen LogP contribution in [0.3, 0.4) is 0 Å². The van der Waals surface area contributed by atoms with E-state index in [2.05, 4.69) is 15.5 Å². The van der Waals surface area contributed by atoms with Gasteiger partial charge in [0, 0.05) is 22.0 Å². The van der Waals surface area contributed by atoms with Gasteiger partial charge in [-0.05, 0) is 48.9 Å². The molecule has 0 aliphatic heterocycles. The Balaban J connectivity index is 1.59. The molecule has 150 valence electrons. The zero-order valence-corrected chi connectivity index (χ0v) is 17.8. The van der Waals surface area contributed by atoms with Gasteiger partial charge in [0.25, 0.3) is 0 Å². The first kappa shape index (κ1) is 20.2. The van der Waals surface area contributed by atoms with Crippen molar-refractivity contribution < 1.29 is 4.79 Å². The van der Waals surface area contributed by atoms with E-state index in [1.807, 2.05) is 90.4 Å². The maximum atomic E-state index is 12.5. The monoisotopic (exact) mass is 434 g/mol. The molecule has 5 nitrogen and oxygen atoms in total. The average Bonchev–Trinajstić information content (AvgIpc) is 3.17. The van der Waals surface area contributed by atoms with Crippen LogP contribution in [0.25, 0.3) is 17.1 Å². The van der Waals surface area contributed by atoms with Crippen LogP contribution >= 0.6 is 23.4 Å². The van der Waals surface area contributed by atoms with Crippen molar-refractivity contribution >= 4 is 35.0 Å². The smallest absolute Gasteiger partial charge is 0.234 e. The van der Waals surface area contributed by atoms with E-state index >= 15 is 0 Å². The van der Waals surface area contributed by atoms with Crippen molar-refractivity contribution in [2.45, 2.75) is 12.1 Å². The number of para-hydroxylation sites is 1. The number of halogens is 1. The maximum absolute atomic E-state index is 12.5. The number of benzene rings is 3. The minimum atomic E-state index is -0.0995. The second kappa shape index (κ2) is 9.15. The highest BCUT2D eigenvalue weighted by atomic mass is 35.5. The standard InChI is InChI=1S/C23H19ClN4OS/c1-16-7-5-10-19(13-16)25-21(29)15-30-23-27-26-22(17-8-6-9-18(24)14-17)28(23)20-11-3-2-4-12-20/h2-14H,15H2,1H3,(H,25,29). The van der Waals surface area contributed by atoms with Crippen molar-refractivity contribution in [2.75, 3.05) is 11.1 Å². The Bertz CT molecular complexity index is 1180. The third kappa shape index (κ3) is 4.72. The van der Waals surface area contributed by atoms with Crippen molar-refractivity contribution in [3.05, 3.63) is 89.4 Å². The van der Waals surface area contributed by atoms with Gasteiger partial charge in [-0.25, -0.2) is 0 Å². The molecular formula is C23H19ClN4OS. The molecule has 0 saturated carbocycles. The van der Waals surface area contributed by atoms with Gasteiger partial charge in [-0.1, -0.05) is 65.8 Å². The Morgan fingerprint density at radius 1 is 1.00 bits per heavy atom. The molecular weight excluding hydrogens is 416 g/mol. The van der Waals surface area contributed by atoms with Crippen LogP contribution in [0.1, 0.15) is 5.56 Å². The molecule has 1 amide bonds. The first-order chi connectivity index (χ1) is 14.6. The summed E-state index contributed by atoms with van der Waals surface area (Å²) in [5, 5.41) is 12.9. The number of aromatic nitrogens is 3. The predicted octanol–water partition coefficient (Wildman–Crippen LogP) is 5.63. The molecule has 3 aromatic carbocycles. The molecule has 0 unspecified atom stereocenters. The first-order valence-electron chi connectivity index (χ1n) is 9.36. The summed E-state index contributed by atoms with van der Waals surface area (Å²) in [5.74, 6) is 0.789. The molecule has 0 saturated heterocycles. The molecule has 0 bridgehead atoms. The third-order valence-corrected chi connectivity index (χ3v) is 5.53. The predicted molar refractivity (Wildman–Crippen MR) is 122 cm³/mol. The molecule has 30 heavy (non-hydrogen) atoms. The lowest BCUT2D eigenvalue weighted by atomic mass is 10.2. The molecule has 0 spiro atoms. The van der Waals surface area contributed by atoms with E-state index in [1.165, 1.54) is 11.8 Å². The van der Waals surface area contributed by atoms with E-state index in [4.69, 9.17) is 11.6 Å². The average molecular weight is 435 g/mol. The number of amides is 1. The number of nitrogens with one attached hydrogen (secondary N) is 1. The molecule has 0 radical (unpaired) electrons. The van der Waals surface area contributed by atoms with Gasteiger partial charge in [-0.15, -0.1) is 10.2 Å². The van der Waals surface area contributed by atoms with E-state index < -0.39 is 0 Å². The maximum Gasteiger partial charge on any atom is 0.234 e. The van der Waals surface area contributed by atoms with E-state index in [-0.39, 0.29) is 11.7 Å². The van der Waals surface area contributed by atoms with Crippen LogP contribution in [-0.4, -0.2) is 26.4 Å². The normalized spacial score (nSPS) is 10.7. The molecule has 1 aromatic heterocycles. The number of carbonyl (C=O) groups is 1. The molecule has 0 atom stereocenters. The quantitative estimate of drug-likeness (QED) is 0.400. The minimum Gasteiger partial charge on any atom is -0.325 e. The van der Waals surface area contributed by atoms with Gasteiger partial charge >= 0.3 is 0 Å². The van der Waals surface area contributed by atoms with Crippen molar-refractivity contribution in [3.8, 4) is 17.1 Å². The lowest BCUT2D eigenvalue weighted by Crippen LogP contribution is -2.14. The zero-order chi connectivity index (χ0) is 20.9. The molecule has 4 aromatic rings. The largest absolute Gasteiger partial charge is 0.325 e. The van der Waals surface area contributed by atoms with Crippen LogP contribution in [-0.2, 0) is 4.79 Å². The van der Waals surface area contributed by atoms with Gasteiger partial charge in [0.15, 0.2) is 11.0 Å². The fourth-order valence-electron chi connectivity index (χ4n) is 3.04. The summed E-state index contributed by atoms with van der Waals surface area (Å²) >= 11 is 7.51. The van der Waals surface area contributed by atoms with Crippen LogP contribution in [0.2, 0.25) is 5.02 Å². The fourth-order valence-corrected chi connectivity index (χ4v) is 3.98. The zero-order valence-electron chi connectivity index (χ0n) is 16.2. The van der Waals surface area contributed by atoms with Gasteiger partial charge in [-0.3, -0.25) is 9.36 Å². The number of anilines is 1. The highest BCUT2D eigenvalue weighted by Gasteiger charge is 2.17. The minimum absolute atomic E-state index is 0.0995. The number of thioether (sulfide) groups is 1. The summed E-state index contributed by atoms with van der Waals surface area (Å²) < 4.78 is 1.94. The van der Waals surface area contributed by atoms with Crippen molar-refractivity contribution in [3.63, 3.8) is 0 Å². The number of nitrogens with zero attached hydrogens (tertiary/aromatic N) is 3.